The Bertz CT molecular complexity index is 1020. The molecule has 1 fully saturated rings. The highest BCUT2D eigenvalue weighted by Crippen LogP contribution is 2.31. The Kier molecular flexibility index (Phi) is 8.71. The molecule has 0 spiro atoms. The molecule has 34 heavy (non-hydrogen) atoms. The highest BCUT2D eigenvalue weighted by Gasteiger charge is 2.40. The van der Waals surface area contributed by atoms with Gasteiger partial charge in [-0.1, -0.05) is 61.7 Å². The Labute approximate surface area is 202 Å². The predicted molar refractivity (Wildman–Crippen MR) is 135 cm³/mol. The summed E-state index contributed by atoms with van der Waals surface area (Å²) in [5.41, 5.74) is 2.48. The molecule has 182 valence electrons. The first-order valence-electron chi connectivity index (χ1n) is 11.9. The monoisotopic (exact) mass is 464 g/mol. The van der Waals surface area contributed by atoms with E-state index in [1.54, 1.807) is 25.1 Å². The van der Waals surface area contributed by atoms with Gasteiger partial charge < -0.3 is 20.6 Å². The second-order valence-corrected chi connectivity index (χ2v) is 9.35. The van der Waals surface area contributed by atoms with E-state index in [4.69, 9.17) is 0 Å². The molecular formula is C27H36N4O3. The molecule has 2 aliphatic rings. The van der Waals surface area contributed by atoms with Gasteiger partial charge in [-0.05, 0) is 58.1 Å². The number of imide groups is 1. The van der Waals surface area contributed by atoms with Crippen LogP contribution in [0.1, 0.15) is 43.2 Å². The van der Waals surface area contributed by atoms with Crippen molar-refractivity contribution >= 4 is 17.5 Å². The van der Waals surface area contributed by atoms with Gasteiger partial charge in [0.2, 0.25) is 0 Å². The van der Waals surface area contributed by atoms with Crippen LogP contribution < -0.4 is 10.6 Å². The number of aryl methyl sites for hydroxylation is 1. The first-order valence-corrected chi connectivity index (χ1v) is 11.9. The minimum atomic E-state index is -0.386. The lowest BCUT2D eigenvalue weighted by Crippen LogP contribution is -2.37. The van der Waals surface area contributed by atoms with Gasteiger partial charge in [0.1, 0.15) is 17.1 Å². The van der Waals surface area contributed by atoms with E-state index in [1.807, 2.05) is 56.4 Å². The number of benzene rings is 2. The van der Waals surface area contributed by atoms with Crippen molar-refractivity contribution in [2.24, 2.45) is 0 Å². The molecule has 7 nitrogen and oxygen atoms in total. The fourth-order valence-electron chi connectivity index (χ4n) is 4.08. The number of nitrogens with one attached hydrogen (secondary N) is 2. The van der Waals surface area contributed by atoms with Crippen molar-refractivity contribution in [1.82, 2.24) is 15.1 Å². The quantitative estimate of drug-likeness (QED) is 0.443. The third kappa shape index (κ3) is 6.38. The third-order valence-electron chi connectivity index (χ3n) is 5.80. The summed E-state index contributed by atoms with van der Waals surface area (Å²) >= 11 is 0. The Balaban J connectivity index is 0.000000751. The summed E-state index contributed by atoms with van der Waals surface area (Å²) in [5.74, 6) is -0.643. The number of amides is 2. The number of rotatable bonds is 6. The summed E-state index contributed by atoms with van der Waals surface area (Å²) in [6.07, 6.45) is 5.39. The number of phenolic OH excluding ortho intramolecular Hbond substituents is 1. The lowest BCUT2D eigenvalue weighted by molar-refractivity contribution is -0.138. The Morgan fingerprint density at radius 3 is 2.18 bits per heavy atom. The van der Waals surface area contributed by atoms with E-state index in [0.29, 0.717) is 16.9 Å². The molecule has 2 amide bonds. The molecule has 0 aromatic heterocycles. The fraction of sp³-hybridized carbons (Fsp3) is 0.407. The van der Waals surface area contributed by atoms with Crippen LogP contribution in [-0.2, 0) is 16.1 Å². The van der Waals surface area contributed by atoms with Crippen LogP contribution in [0.3, 0.4) is 0 Å². The Morgan fingerprint density at radius 1 is 0.912 bits per heavy atom. The topological polar surface area (TPSA) is 84.9 Å². The van der Waals surface area contributed by atoms with Gasteiger partial charge in [0, 0.05) is 6.04 Å². The zero-order valence-corrected chi connectivity index (χ0v) is 20.6. The van der Waals surface area contributed by atoms with E-state index in [0.717, 1.165) is 31.2 Å². The van der Waals surface area contributed by atoms with E-state index in [1.165, 1.54) is 11.3 Å². The lowest BCUT2D eigenvalue weighted by atomic mass is 9.95. The molecule has 1 saturated carbocycles. The number of carbonyl (C=O) groups excluding carboxylic acids is 2. The van der Waals surface area contributed by atoms with Crippen molar-refractivity contribution in [2.45, 2.75) is 51.6 Å². The van der Waals surface area contributed by atoms with Crippen LogP contribution in [0, 0.1) is 6.92 Å². The van der Waals surface area contributed by atoms with Crippen LogP contribution in [0.25, 0.3) is 0 Å². The molecule has 0 radical (unpaired) electrons. The van der Waals surface area contributed by atoms with Crippen LogP contribution in [-0.4, -0.2) is 53.9 Å². The number of nitrogens with zero attached hydrogens (tertiary/aromatic N) is 2. The predicted octanol–water partition coefficient (Wildman–Crippen LogP) is 3.99. The molecule has 1 heterocycles. The maximum Gasteiger partial charge on any atom is 0.279 e. The standard InChI is InChI=1S/C24H27N3O3.C3H9N/c1-16-9-8-14-19(22(16)28)26-21-20(25-18-12-6-3-7-13-18)23(29)27(24(21)30)15-17-10-4-2-5-11-17;1-4(2)3/h2,4-5,8-11,14,18,25-26,28H,3,6-7,12-13,15H2,1H3;1-3H3. The highest BCUT2D eigenvalue weighted by molar-refractivity contribution is 6.20. The van der Waals surface area contributed by atoms with E-state index >= 15 is 0 Å². The zero-order valence-electron chi connectivity index (χ0n) is 20.6. The molecule has 4 rings (SSSR count). The second-order valence-electron chi connectivity index (χ2n) is 9.35. The molecule has 0 saturated heterocycles. The van der Waals surface area contributed by atoms with Crippen LogP contribution in [0.5, 0.6) is 5.75 Å². The lowest BCUT2D eigenvalue weighted by Gasteiger charge is -2.24. The smallest absolute Gasteiger partial charge is 0.279 e. The van der Waals surface area contributed by atoms with Gasteiger partial charge in [-0.25, -0.2) is 0 Å². The number of anilines is 1. The Morgan fingerprint density at radius 2 is 1.53 bits per heavy atom. The molecule has 2 aromatic rings. The van der Waals surface area contributed by atoms with E-state index in [9.17, 15) is 14.7 Å². The maximum absolute atomic E-state index is 13.2. The van der Waals surface area contributed by atoms with Crippen molar-refractivity contribution in [3.8, 4) is 5.75 Å². The number of carbonyl (C=O) groups is 2. The number of hydrogen-bond acceptors (Lipinski definition) is 6. The van der Waals surface area contributed by atoms with E-state index in [-0.39, 0.29) is 35.8 Å². The average molecular weight is 465 g/mol. The van der Waals surface area contributed by atoms with Crippen LogP contribution in [0.4, 0.5) is 5.69 Å². The third-order valence-corrected chi connectivity index (χ3v) is 5.80. The van der Waals surface area contributed by atoms with Gasteiger partial charge in [0.05, 0.1) is 12.2 Å². The number of para-hydroxylation sites is 1. The molecule has 1 aliphatic heterocycles. The summed E-state index contributed by atoms with van der Waals surface area (Å²) in [6.45, 7) is 2.00. The molecule has 0 atom stereocenters. The number of hydrogen-bond donors (Lipinski definition) is 3. The van der Waals surface area contributed by atoms with E-state index < -0.39 is 0 Å². The van der Waals surface area contributed by atoms with Crippen LogP contribution in [0.2, 0.25) is 0 Å². The normalized spacial score (nSPS) is 16.6. The van der Waals surface area contributed by atoms with Gasteiger partial charge in [0.15, 0.2) is 0 Å². The van der Waals surface area contributed by atoms with Gasteiger partial charge in [-0.3, -0.25) is 14.5 Å². The average Bonchev–Trinajstić information content (AvgIpc) is 3.02. The maximum atomic E-state index is 13.2. The Hall–Kier alpha value is -3.32. The number of phenols is 1. The van der Waals surface area contributed by atoms with Crippen LogP contribution in [0.15, 0.2) is 59.9 Å². The number of aromatic hydroxyl groups is 1. The first-order chi connectivity index (χ1) is 16.3. The van der Waals surface area contributed by atoms with Crippen LogP contribution >= 0.6 is 0 Å². The van der Waals surface area contributed by atoms with Gasteiger partial charge in [-0.15, -0.1) is 0 Å². The minimum absolute atomic E-state index is 0.0729. The summed E-state index contributed by atoms with van der Waals surface area (Å²) in [4.78, 5) is 29.7. The van der Waals surface area contributed by atoms with Crippen molar-refractivity contribution in [3.05, 3.63) is 71.1 Å². The molecule has 1 aliphatic carbocycles. The summed E-state index contributed by atoms with van der Waals surface area (Å²) in [7, 11) is 6.00. The second kappa shape index (κ2) is 11.7. The van der Waals surface area contributed by atoms with E-state index in [2.05, 4.69) is 10.6 Å². The highest BCUT2D eigenvalue weighted by atomic mass is 16.3. The summed E-state index contributed by atoms with van der Waals surface area (Å²) in [6, 6.07) is 14.9. The molecule has 2 aromatic carbocycles. The fourth-order valence-corrected chi connectivity index (χ4v) is 4.08. The minimum Gasteiger partial charge on any atom is -0.505 e. The molecule has 3 N–H and O–H groups in total. The SMILES string of the molecule is CN(C)C.Cc1cccc(NC2=C(NC3CCCCC3)C(=O)N(Cc3ccccc3)C2=O)c1O. The van der Waals surface area contributed by atoms with Crippen molar-refractivity contribution in [3.63, 3.8) is 0 Å². The molecular weight excluding hydrogens is 428 g/mol. The zero-order chi connectivity index (χ0) is 24.7. The summed E-state index contributed by atoms with van der Waals surface area (Å²) < 4.78 is 0. The van der Waals surface area contributed by atoms with Gasteiger partial charge in [-0.2, -0.15) is 0 Å². The summed E-state index contributed by atoms with van der Waals surface area (Å²) in [5, 5.41) is 16.8. The van der Waals surface area contributed by atoms with Crippen molar-refractivity contribution < 1.29 is 14.7 Å². The molecule has 0 unspecified atom stereocenters. The molecule has 0 bridgehead atoms. The first kappa shape index (κ1) is 25.3. The van der Waals surface area contributed by atoms with Gasteiger partial charge in [0.25, 0.3) is 11.8 Å². The molecule has 7 heteroatoms. The van der Waals surface area contributed by atoms with Crippen molar-refractivity contribution in [1.29, 1.82) is 0 Å². The largest absolute Gasteiger partial charge is 0.505 e. The van der Waals surface area contributed by atoms with Crippen molar-refractivity contribution in [2.75, 3.05) is 26.5 Å². The van der Waals surface area contributed by atoms with Gasteiger partial charge >= 0.3 is 0 Å².